The molecule has 2 N–H and O–H groups in total. The van der Waals surface area contributed by atoms with Gasteiger partial charge in [-0.2, -0.15) is 0 Å². The molecule has 2 nitrogen and oxygen atoms in total. The van der Waals surface area contributed by atoms with E-state index in [4.69, 9.17) is 10.5 Å². The van der Waals surface area contributed by atoms with Crippen molar-refractivity contribution in [3.05, 3.63) is 20.8 Å². The van der Waals surface area contributed by atoms with E-state index in [1.807, 2.05) is 6.92 Å². The second-order valence-corrected chi connectivity index (χ2v) is 7.10. The lowest BCUT2D eigenvalue weighted by molar-refractivity contribution is -0.0175. The molecule has 1 rings (SSSR count). The van der Waals surface area contributed by atoms with Crippen LogP contribution in [0.1, 0.15) is 63.9 Å². The molecule has 110 valence electrons. The van der Waals surface area contributed by atoms with Crippen molar-refractivity contribution in [2.45, 2.75) is 71.1 Å². The van der Waals surface area contributed by atoms with Crippen LogP contribution in [-0.4, -0.2) is 12.1 Å². The molecule has 1 aromatic rings. The third-order valence-corrected chi connectivity index (χ3v) is 4.94. The van der Waals surface area contributed by atoms with E-state index in [-0.39, 0.29) is 18.2 Å². The molecule has 0 fully saturated rings. The number of halogens is 1. The first-order chi connectivity index (χ1) is 9.04. The van der Waals surface area contributed by atoms with Crippen molar-refractivity contribution >= 4 is 27.3 Å². The molecule has 3 atom stereocenters. The number of unbranched alkanes of at least 4 members (excludes halogenated alkanes) is 3. The second kappa shape index (κ2) is 9.11. The number of ether oxygens (including phenoxy) is 1. The van der Waals surface area contributed by atoms with Gasteiger partial charge in [-0.15, -0.1) is 11.3 Å². The van der Waals surface area contributed by atoms with E-state index in [2.05, 4.69) is 41.2 Å². The van der Waals surface area contributed by atoms with E-state index in [0.717, 1.165) is 10.9 Å². The summed E-state index contributed by atoms with van der Waals surface area (Å²) in [4.78, 5) is 1.21. The predicted molar refractivity (Wildman–Crippen MR) is 87.7 cm³/mol. The van der Waals surface area contributed by atoms with Crippen molar-refractivity contribution in [1.29, 1.82) is 0 Å². The third-order valence-electron chi connectivity index (χ3n) is 3.19. The third kappa shape index (κ3) is 6.39. The summed E-state index contributed by atoms with van der Waals surface area (Å²) in [6.45, 7) is 6.41. The molecule has 4 heteroatoms. The average Bonchev–Trinajstić information content (AvgIpc) is 2.78. The molecule has 0 aliphatic rings. The molecule has 0 amide bonds. The number of nitrogens with two attached hydrogens (primary N) is 1. The van der Waals surface area contributed by atoms with Crippen molar-refractivity contribution in [2.75, 3.05) is 0 Å². The highest BCUT2D eigenvalue weighted by Crippen LogP contribution is 2.31. The van der Waals surface area contributed by atoms with Gasteiger partial charge < -0.3 is 10.5 Å². The lowest BCUT2D eigenvalue weighted by Gasteiger charge is -2.24. The summed E-state index contributed by atoms with van der Waals surface area (Å²) in [6, 6.07) is 2.13. The molecular formula is C15H26BrNOS. The van der Waals surface area contributed by atoms with E-state index in [0.29, 0.717) is 0 Å². The lowest BCUT2D eigenvalue weighted by Crippen LogP contribution is -2.29. The van der Waals surface area contributed by atoms with E-state index < -0.39 is 0 Å². The Bertz CT molecular complexity index is 354. The van der Waals surface area contributed by atoms with Gasteiger partial charge in [0.15, 0.2) is 0 Å². The molecule has 19 heavy (non-hydrogen) atoms. The minimum atomic E-state index is 0.0116. The topological polar surface area (TPSA) is 35.2 Å². The van der Waals surface area contributed by atoms with Gasteiger partial charge >= 0.3 is 0 Å². The maximum atomic E-state index is 6.16. The monoisotopic (exact) mass is 347 g/mol. The van der Waals surface area contributed by atoms with Crippen LogP contribution in [0.25, 0.3) is 0 Å². The highest BCUT2D eigenvalue weighted by atomic mass is 79.9. The van der Waals surface area contributed by atoms with Gasteiger partial charge in [-0.1, -0.05) is 32.6 Å². The summed E-state index contributed by atoms with van der Waals surface area (Å²) in [5.41, 5.74) is 6.07. The normalized spacial score (nSPS) is 16.3. The molecule has 3 unspecified atom stereocenters. The molecule has 0 bridgehead atoms. The molecule has 0 aromatic carbocycles. The van der Waals surface area contributed by atoms with E-state index in [1.165, 1.54) is 30.6 Å². The van der Waals surface area contributed by atoms with Crippen LogP contribution in [0.3, 0.4) is 0 Å². The quantitative estimate of drug-likeness (QED) is 0.617. The summed E-state index contributed by atoms with van der Waals surface area (Å²) >= 11 is 5.20. The summed E-state index contributed by atoms with van der Waals surface area (Å²) in [5.74, 6) is 0. The predicted octanol–water partition coefficient (Wildman–Crippen LogP) is 5.27. The zero-order valence-electron chi connectivity index (χ0n) is 12.2. The fourth-order valence-electron chi connectivity index (χ4n) is 2.10. The molecule has 1 heterocycles. The summed E-state index contributed by atoms with van der Waals surface area (Å²) in [7, 11) is 0. The largest absolute Gasteiger partial charge is 0.368 e. The zero-order valence-corrected chi connectivity index (χ0v) is 14.6. The Hall–Kier alpha value is 0.1000. The molecule has 0 aliphatic carbocycles. The molecule has 0 aliphatic heterocycles. The number of thiophene rings is 1. The van der Waals surface area contributed by atoms with Gasteiger partial charge in [-0.25, -0.2) is 0 Å². The Balaban J connectivity index is 2.45. The van der Waals surface area contributed by atoms with Gasteiger partial charge in [0.05, 0.1) is 6.10 Å². The fraction of sp³-hybridized carbons (Fsp3) is 0.733. The fourth-order valence-corrected chi connectivity index (χ4v) is 3.70. The first-order valence-electron chi connectivity index (χ1n) is 7.19. The van der Waals surface area contributed by atoms with E-state index in [9.17, 15) is 0 Å². The molecule has 0 radical (unpaired) electrons. The van der Waals surface area contributed by atoms with Crippen LogP contribution in [0, 0.1) is 0 Å². The molecule has 0 saturated carbocycles. The SMILES string of the molecule is CCCCCCC(C)OC(c1cc(Br)cs1)C(C)N. The van der Waals surface area contributed by atoms with Crippen molar-refractivity contribution in [3.63, 3.8) is 0 Å². The Morgan fingerprint density at radius 3 is 2.58 bits per heavy atom. The van der Waals surface area contributed by atoms with Gasteiger partial charge in [0.25, 0.3) is 0 Å². The minimum Gasteiger partial charge on any atom is -0.368 e. The van der Waals surface area contributed by atoms with Gasteiger partial charge in [-0.3, -0.25) is 0 Å². The van der Waals surface area contributed by atoms with Gasteiger partial charge in [-0.05, 0) is 42.3 Å². The minimum absolute atomic E-state index is 0.0116. The molecule has 0 spiro atoms. The van der Waals surface area contributed by atoms with Crippen LogP contribution in [0.15, 0.2) is 15.9 Å². The van der Waals surface area contributed by atoms with Crippen molar-refractivity contribution < 1.29 is 4.74 Å². The maximum Gasteiger partial charge on any atom is 0.107 e. The van der Waals surface area contributed by atoms with Crippen LogP contribution in [0.5, 0.6) is 0 Å². The standard InChI is InChI=1S/C15H26BrNOS/c1-4-5-6-7-8-11(2)18-15(12(3)17)14-9-13(16)10-19-14/h9-12,15H,4-8,17H2,1-3H3. The highest BCUT2D eigenvalue weighted by molar-refractivity contribution is 9.10. The molecule has 1 aromatic heterocycles. The van der Waals surface area contributed by atoms with Crippen molar-refractivity contribution in [1.82, 2.24) is 0 Å². The summed E-state index contributed by atoms with van der Waals surface area (Å²) < 4.78 is 7.26. The van der Waals surface area contributed by atoms with Crippen LogP contribution < -0.4 is 5.73 Å². The first kappa shape index (κ1) is 17.2. The van der Waals surface area contributed by atoms with E-state index >= 15 is 0 Å². The van der Waals surface area contributed by atoms with Gasteiger partial charge in [0, 0.05) is 20.8 Å². The maximum absolute atomic E-state index is 6.16. The van der Waals surface area contributed by atoms with Crippen molar-refractivity contribution in [3.8, 4) is 0 Å². The summed E-state index contributed by atoms with van der Waals surface area (Å²) in [5, 5.41) is 2.08. The molecular weight excluding hydrogens is 322 g/mol. The van der Waals surface area contributed by atoms with Crippen LogP contribution in [-0.2, 0) is 4.74 Å². The Morgan fingerprint density at radius 2 is 2.05 bits per heavy atom. The van der Waals surface area contributed by atoms with Crippen LogP contribution in [0.4, 0.5) is 0 Å². The number of rotatable bonds is 9. The average molecular weight is 348 g/mol. The zero-order chi connectivity index (χ0) is 14.3. The van der Waals surface area contributed by atoms with Crippen LogP contribution >= 0.6 is 27.3 Å². The highest BCUT2D eigenvalue weighted by Gasteiger charge is 2.21. The van der Waals surface area contributed by atoms with Crippen molar-refractivity contribution in [2.24, 2.45) is 5.73 Å². The summed E-state index contributed by atoms with van der Waals surface area (Å²) in [6.07, 6.45) is 6.55. The Morgan fingerprint density at radius 1 is 1.32 bits per heavy atom. The van der Waals surface area contributed by atoms with Gasteiger partial charge in [0.1, 0.15) is 6.10 Å². The van der Waals surface area contributed by atoms with E-state index in [1.54, 1.807) is 11.3 Å². The molecule has 0 saturated heterocycles. The number of hydrogen-bond acceptors (Lipinski definition) is 3. The first-order valence-corrected chi connectivity index (χ1v) is 8.86. The Kier molecular flexibility index (Phi) is 8.23. The second-order valence-electron chi connectivity index (χ2n) is 5.24. The smallest absolute Gasteiger partial charge is 0.107 e. The van der Waals surface area contributed by atoms with Gasteiger partial charge in [0.2, 0.25) is 0 Å². The van der Waals surface area contributed by atoms with Crippen LogP contribution in [0.2, 0.25) is 0 Å². The number of hydrogen-bond donors (Lipinski definition) is 1. The lowest BCUT2D eigenvalue weighted by atomic mass is 10.1. The Labute approximate surface area is 129 Å².